The summed E-state index contributed by atoms with van der Waals surface area (Å²) in [6, 6.07) is 0. The van der Waals surface area contributed by atoms with Gasteiger partial charge in [0.2, 0.25) is 5.78 Å². The molecule has 0 aromatic heterocycles. The molecule has 1 amide bonds. The van der Waals surface area contributed by atoms with Crippen molar-refractivity contribution in [3.8, 4) is 11.5 Å². The van der Waals surface area contributed by atoms with Crippen LogP contribution in [-0.2, 0) is 33.3 Å². The van der Waals surface area contributed by atoms with Gasteiger partial charge in [0, 0.05) is 61.8 Å². The number of esters is 1. The van der Waals surface area contributed by atoms with Crippen LogP contribution in [0.25, 0.3) is 0 Å². The van der Waals surface area contributed by atoms with Crippen LogP contribution in [0.4, 0.5) is 0 Å². The summed E-state index contributed by atoms with van der Waals surface area (Å²) in [6.45, 7) is 12.6. The van der Waals surface area contributed by atoms with E-state index in [2.05, 4.69) is 5.32 Å². The number of allylic oxidation sites excluding steroid dienone is 4. The Hall–Kier alpha value is -5.08. The second-order valence-corrected chi connectivity index (χ2v) is 13.6. The van der Waals surface area contributed by atoms with Crippen molar-refractivity contribution in [1.29, 1.82) is 0 Å². The Balaban J connectivity index is 1.85. The minimum Gasteiger partial charge on any atom is -0.507 e. The number of aliphatic hydroxyl groups excluding tert-OH is 1. The minimum atomic E-state index is -2.05. The number of benzene rings is 1. The van der Waals surface area contributed by atoms with Crippen molar-refractivity contribution >= 4 is 35.7 Å². The molecule has 0 saturated heterocycles. The zero-order valence-electron chi connectivity index (χ0n) is 30.5. The first-order valence-corrected chi connectivity index (χ1v) is 16.8. The summed E-state index contributed by atoms with van der Waals surface area (Å²) in [6.07, 6.45) is 4.40. The summed E-state index contributed by atoms with van der Waals surface area (Å²) in [5, 5.41) is 25.1. The zero-order chi connectivity index (χ0) is 38.8. The van der Waals surface area contributed by atoms with Gasteiger partial charge in [-0.3, -0.25) is 28.8 Å². The van der Waals surface area contributed by atoms with E-state index in [9.17, 15) is 39.0 Å². The molecule has 5 bridgehead atoms. The Morgan fingerprint density at radius 3 is 2.25 bits per heavy atom. The highest BCUT2D eigenvalue weighted by atomic mass is 16.7. The van der Waals surface area contributed by atoms with Crippen molar-refractivity contribution in [3.63, 3.8) is 0 Å². The largest absolute Gasteiger partial charge is 0.507 e. The molecule has 52 heavy (non-hydrogen) atoms. The molecular formula is C38H45NO13. The second-order valence-electron chi connectivity index (χ2n) is 13.6. The molecule has 0 saturated carbocycles. The number of fused-ring (bicyclic) bond motifs is 14. The van der Waals surface area contributed by atoms with Crippen molar-refractivity contribution in [1.82, 2.24) is 5.32 Å². The number of ether oxygens (including phenoxy) is 5. The standard InChI is InChI=1S/C38H45NO13/c1-17-11-10-12-18(2)37(47)39-24-15-25(42)27-28(32(24)45)31(44)22(6)35-29(27)36(46)38(8,52-35)50-14-13-26(48-9)19(3)34(51-23(7)41)21(5)30(43)20(4)33(17)49-16-40/h10-17,19-21,26,30,33-34,43-44H,1-9H3,(H,39,47)/b11-10-,14-13-,18-12-. The van der Waals surface area contributed by atoms with Crippen LogP contribution in [0.1, 0.15) is 85.1 Å². The third-order valence-corrected chi connectivity index (χ3v) is 9.97. The number of carbonyl (C=O) groups excluding carboxylic acids is 6. The molecule has 3 aliphatic heterocycles. The summed E-state index contributed by atoms with van der Waals surface area (Å²) in [7, 11) is 1.41. The maximum absolute atomic E-state index is 13.9. The van der Waals surface area contributed by atoms with Gasteiger partial charge in [0.25, 0.3) is 18.2 Å². The predicted octanol–water partition coefficient (Wildman–Crippen LogP) is 3.81. The predicted molar refractivity (Wildman–Crippen MR) is 184 cm³/mol. The lowest BCUT2D eigenvalue weighted by Gasteiger charge is -2.38. The molecule has 0 radical (unpaired) electrons. The molecule has 9 atom stereocenters. The quantitative estimate of drug-likeness (QED) is 0.299. The van der Waals surface area contributed by atoms with E-state index in [0.29, 0.717) is 0 Å². The van der Waals surface area contributed by atoms with Gasteiger partial charge in [-0.2, -0.15) is 0 Å². The van der Waals surface area contributed by atoms with Crippen LogP contribution in [0.3, 0.4) is 0 Å². The average molecular weight is 724 g/mol. The van der Waals surface area contributed by atoms with Gasteiger partial charge >= 0.3 is 11.8 Å². The summed E-state index contributed by atoms with van der Waals surface area (Å²) < 4.78 is 28.6. The van der Waals surface area contributed by atoms with Crippen molar-refractivity contribution in [3.05, 3.63) is 70.2 Å². The Kier molecular flexibility index (Phi) is 12.0. The lowest BCUT2D eigenvalue weighted by Crippen LogP contribution is -2.47. The number of ketones is 3. The topological polar surface area (TPSA) is 201 Å². The number of hydrogen-bond acceptors (Lipinski definition) is 13. The SMILES string of the molecule is COC1/C=C\OC2(C)Oc3c(C)c(O)c4c(c3C2=O)C(=O)C=C(NC(=O)/C(C)=C\C=C/C(C)C(OC=O)C(C)C(O)C(C)C(OC(C)=O)C1C)C4=O. The van der Waals surface area contributed by atoms with E-state index in [-0.39, 0.29) is 34.5 Å². The van der Waals surface area contributed by atoms with Crippen molar-refractivity contribution in [2.75, 3.05) is 7.11 Å². The van der Waals surface area contributed by atoms with E-state index in [4.69, 9.17) is 23.7 Å². The lowest BCUT2D eigenvalue weighted by atomic mass is 9.78. The molecule has 1 aromatic carbocycles. The molecule has 3 heterocycles. The van der Waals surface area contributed by atoms with Crippen molar-refractivity contribution < 1.29 is 62.7 Å². The number of amides is 1. The van der Waals surface area contributed by atoms with Crippen LogP contribution in [-0.4, -0.2) is 83.2 Å². The van der Waals surface area contributed by atoms with Crippen LogP contribution < -0.4 is 10.1 Å². The summed E-state index contributed by atoms with van der Waals surface area (Å²) in [4.78, 5) is 78.1. The summed E-state index contributed by atoms with van der Waals surface area (Å²) >= 11 is 0. The molecule has 3 N–H and O–H groups in total. The zero-order valence-corrected chi connectivity index (χ0v) is 30.5. The van der Waals surface area contributed by atoms with E-state index in [1.54, 1.807) is 39.8 Å². The van der Waals surface area contributed by atoms with Crippen LogP contribution in [0.2, 0.25) is 0 Å². The first-order valence-electron chi connectivity index (χ1n) is 16.8. The van der Waals surface area contributed by atoms with Gasteiger partial charge in [-0.15, -0.1) is 0 Å². The number of hydrogen-bond donors (Lipinski definition) is 3. The molecule has 280 valence electrons. The first kappa shape index (κ1) is 39.7. The van der Waals surface area contributed by atoms with Gasteiger partial charge in [0.1, 0.15) is 23.7 Å². The number of aromatic hydroxyl groups is 1. The highest BCUT2D eigenvalue weighted by Crippen LogP contribution is 2.48. The molecule has 14 heteroatoms. The fraction of sp³-hybridized carbons (Fsp3) is 0.474. The molecular weight excluding hydrogens is 678 g/mol. The molecule has 0 fully saturated rings. The van der Waals surface area contributed by atoms with Gasteiger partial charge in [0.15, 0.2) is 5.78 Å². The van der Waals surface area contributed by atoms with Gasteiger partial charge in [-0.1, -0.05) is 45.9 Å². The number of phenols is 1. The Morgan fingerprint density at radius 2 is 1.63 bits per heavy atom. The van der Waals surface area contributed by atoms with Gasteiger partial charge < -0.3 is 39.2 Å². The molecule has 5 rings (SSSR count). The van der Waals surface area contributed by atoms with Crippen LogP contribution >= 0.6 is 0 Å². The van der Waals surface area contributed by atoms with E-state index < -0.39 is 100 Å². The summed E-state index contributed by atoms with van der Waals surface area (Å²) in [5.41, 5.74) is -1.39. The Morgan fingerprint density at radius 1 is 0.981 bits per heavy atom. The highest BCUT2D eigenvalue weighted by Gasteiger charge is 2.51. The van der Waals surface area contributed by atoms with Crippen molar-refractivity contribution in [2.45, 2.75) is 85.6 Å². The number of aliphatic hydroxyl groups is 1. The van der Waals surface area contributed by atoms with Crippen molar-refractivity contribution in [2.24, 2.45) is 23.7 Å². The minimum absolute atomic E-state index is 0.000707. The smallest absolute Gasteiger partial charge is 0.312 e. The summed E-state index contributed by atoms with van der Waals surface area (Å²) in [5.74, 6) is -9.14. The van der Waals surface area contributed by atoms with Gasteiger partial charge in [-0.05, 0) is 19.9 Å². The molecule has 14 nitrogen and oxygen atoms in total. The second kappa shape index (κ2) is 15.7. The lowest BCUT2D eigenvalue weighted by molar-refractivity contribution is -0.162. The van der Waals surface area contributed by atoms with Gasteiger partial charge in [0.05, 0.1) is 40.9 Å². The van der Waals surface area contributed by atoms with Crippen LogP contribution in [0, 0.1) is 30.6 Å². The third-order valence-electron chi connectivity index (χ3n) is 9.97. The van der Waals surface area contributed by atoms with Crippen LogP contribution in [0.15, 0.2) is 47.9 Å². The number of nitrogens with one attached hydrogen (secondary N) is 1. The fourth-order valence-electron chi connectivity index (χ4n) is 6.92. The van der Waals surface area contributed by atoms with E-state index in [0.717, 1.165) is 12.3 Å². The Labute approximate surface area is 301 Å². The number of methoxy groups -OCH3 is 1. The average Bonchev–Trinajstić information content (AvgIpc) is 3.36. The van der Waals surface area contributed by atoms with E-state index in [1.807, 2.05) is 0 Å². The van der Waals surface area contributed by atoms with Crippen LogP contribution in [0.5, 0.6) is 11.5 Å². The maximum atomic E-state index is 13.9. The maximum Gasteiger partial charge on any atom is 0.312 e. The number of Topliss-reactive ketones (excluding diaryl/α,β-unsaturated/α-hetero) is 2. The fourth-order valence-corrected chi connectivity index (χ4v) is 6.92. The van der Waals surface area contributed by atoms with E-state index in [1.165, 1.54) is 47.0 Å². The Bertz CT molecular complexity index is 1790. The highest BCUT2D eigenvalue weighted by molar-refractivity contribution is 6.30. The number of phenolic OH excluding ortho intramolecular Hbond substituents is 1. The van der Waals surface area contributed by atoms with E-state index >= 15 is 0 Å². The first-order chi connectivity index (χ1) is 24.4. The molecule has 0 spiro atoms. The van der Waals surface area contributed by atoms with Gasteiger partial charge in [-0.25, -0.2) is 0 Å². The number of rotatable bonds is 4. The normalized spacial score (nSPS) is 33.4. The molecule has 4 aliphatic rings. The molecule has 1 aromatic rings. The third kappa shape index (κ3) is 7.44. The molecule has 9 unspecified atom stereocenters. The molecule has 1 aliphatic carbocycles. The number of carbonyl (C=O) groups is 6. The monoisotopic (exact) mass is 723 g/mol.